The Hall–Kier alpha value is -0.570. The van der Waals surface area contributed by atoms with Crippen molar-refractivity contribution in [3.63, 3.8) is 0 Å². The highest BCUT2D eigenvalue weighted by Crippen LogP contribution is 2.10. The van der Waals surface area contributed by atoms with Crippen molar-refractivity contribution in [2.24, 2.45) is 0 Å². The lowest BCUT2D eigenvalue weighted by atomic mass is 10.1. The number of carbonyl (C=O) groups is 1. The van der Waals surface area contributed by atoms with Crippen molar-refractivity contribution in [2.75, 3.05) is 34.2 Å². The average molecular weight is 284 g/mol. The molecule has 0 aliphatic carbocycles. The number of unbranched alkanes of at least 4 members (excludes halogenated alkanes) is 7. The van der Waals surface area contributed by atoms with Crippen LogP contribution in [-0.2, 0) is 4.79 Å². The van der Waals surface area contributed by atoms with Gasteiger partial charge in [0.15, 0.2) is 0 Å². The molecule has 0 aliphatic rings. The summed E-state index contributed by atoms with van der Waals surface area (Å²) < 4.78 is 0. The van der Waals surface area contributed by atoms with E-state index in [-0.39, 0.29) is 0 Å². The van der Waals surface area contributed by atoms with Crippen LogP contribution in [0.3, 0.4) is 0 Å². The summed E-state index contributed by atoms with van der Waals surface area (Å²) >= 11 is 0. The van der Waals surface area contributed by atoms with Gasteiger partial charge < -0.3 is 9.80 Å². The number of hydrogen-bond donors (Lipinski definition) is 0. The fourth-order valence-electron chi connectivity index (χ4n) is 2.35. The molecule has 0 spiro atoms. The van der Waals surface area contributed by atoms with Crippen molar-refractivity contribution in [1.29, 1.82) is 0 Å². The van der Waals surface area contributed by atoms with Gasteiger partial charge in [-0.2, -0.15) is 0 Å². The summed E-state index contributed by atoms with van der Waals surface area (Å²) in [6, 6.07) is 0. The van der Waals surface area contributed by atoms with Crippen LogP contribution >= 0.6 is 0 Å². The van der Waals surface area contributed by atoms with Gasteiger partial charge in [0.2, 0.25) is 5.91 Å². The van der Waals surface area contributed by atoms with Crippen molar-refractivity contribution in [3.05, 3.63) is 0 Å². The number of amides is 1. The highest BCUT2D eigenvalue weighted by atomic mass is 16.2. The maximum Gasteiger partial charge on any atom is 0.222 e. The van der Waals surface area contributed by atoms with Gasteiger partial charge in [-0.25, -0.2) is 0 Å². The maximum absolute atomic E-state index is 11.9. The Labute approximate surface area is 126 Å². The average Bonchev–Trinajstić information content (AvgIpc) is 2.41. The standard InChI is InChI=1S/C17H36N2O/c1-5-6-7-8-9-10-11-12-14-17(20)19(4)16-13-15-18(2)3/h5-16H2,1-4H3. The predicted octanol–water partition coefficient (Wildman–Crippen LogP) is 3.93. The Balaban J connectivity index is 3.38. The predicted molar refractivity (Wildman–Crippen MR) is 88.0 cm³/mol. The van der Waals surface area contributed by atoms with Crippen molar-refractivity contribution in [2.45, 2.75) is 71.1 Å². The van der Waals surface area contributed by atoms with E-state index in [0.29, 0.717) is 5.91 Å². The van der Waals surface area contributed by atoms with Crippen molar-refractivity contribution in [3.8, 4) is 0 Å². The zero-order valence-corrected chi connectivity index (χ0v) is 14.3. The monoisotopic (exact) mass is 284 g/mol. The third-order valence-corrected chi connectivity index (χ3v) is 3.77. The Kier molecular flexibility index (Phi) is 13.0. The van der Waals surface area contributed by atoms with Crippen LogP contribution in [0.15, 0.2) is 0 Å². The van der Waals surface area contributed by atoms with E-state index in [0.717, 1.165) is 32.4 Å². The van der Waals surface area contributed by atoms with E-state index in [4.69, 9.17) is 0 Å². The first-order valence-corrected chi connectivity index (χ1v) is 8.46. The SMILES string of the molecule is CCCCCCCCCCC(=O)N(C)CCCN(C)C. The molecule has 0 rings (SSSR count). The third-order valence-electron chi connectivity index (χ3n) is 3.77. The van der Waals surface area contributed by atoms with Gasteiger partial charge in [0, 0.05) is 20.0 Å². The Morgan fingerprint density at radius 2 is 1.30 bits per heavy atom. The molecule has 3 heteroatoms. The van der Waals surface area contributed by atoms with E-state index in [1.807, 2.05) is 11.9 Å². The lowest BCUT2D eigenvalue weighted by Gasteiger charge is -2.18. The van der Waals surface area contributed by atoms with E-state index < -0.39 is 0 Å². The second-order valence-electron chi connectivity index (χ2n) is 6.20. The number of rotatable bonds is 13. The molecule has 0 saturated heterocycles. The molecule has 0 saturated carbocycles. The summed E-state index contributed by atoms with van der Waals surface area (Å²) in [6.45, 7) is 4.18. The van der Waals surface area contributed by atoms with Crippen molar-refractivity contribution < 1.29 is 4.79 Å². The Bertz CT molecular complexity index is 229. The quantitative estimate of drug-likeness (QED) is 0.478. The maximum atomic E-state index is 11.9. The lowest BCUT2D eigenvalue weighted by molar-refractivity contribution is -0.130. The van der Waals surface area contributed by atoms with Gasteiger partial charge in [-0.15, -0.1) is 0 Å². The molecule has 3 nitrogen and oxygen atoms in total. The zero-order chi connectivity index (χ0) is 15.2. The third kappa shape index (κ3) is 12.5. The summed E-state index contributed by atoms with van der Waals surface area (Å²) in [5, 5.41) is 0. The molecule has 0 atom stereocenters. The Morgan fingerprint density at radius 1 is 0.750 bits per heavy atom. The van der Waals surface area contributed by atoms with E-state index in [1.54, 1.807) is 0 Å². The molecule has 0 aromatic rings. The molecule has 0 heterocycles. The molecule has 1 amide bonds. The van der Waals surface area contributed by atoms with Crippen LogP contribution in [0.2, 0.25) is 0 Å². The molecule has 0 unspecified atom stereocenters. The van der Waals surface area contributed by atoms with E-state index in [9.17, 15) is 4.79 Å². The van der Waals surface area contributed by atoms with E-state index in [1.165, 1.54) is 44.9 Å². The van der Waals surface area contributed by atoms with Crippen LogP contribution in [-0.4, -0.2) is 49.9 Å². The summed E-state index contributed by atoms with van der Waals surface area (Å²) in [4.78, 5) is 16.0. The van der Waals surface area contributed by atoms with Gasteiger partial charge >= 0.3 is 0 Å². The number of hydrogen-bond acceptors (Lipinski definition) is 2. The fraction of sp³-hybridized carbons (Fsp3) is 0.941. The molecular weight excluding hydrogens is 248 g/mol. The van der Waals surface area contributed by atoms with Crippen LogP contribution in [0.5, 0.6) is 0 Å². The Morgan fingerprint density at radius 3 is 1.85 bits per heavy atom. The van der Waals surface area contributed by atoms with Crippen LogP contribution in [0.25, 0.3) is 0 Å². The second kappa shape index (κ2) is 13.4. The van der Waals surface area contributed by atoms with Gasteiger partial charge in [0.05, 0.1) is 0 Å². The number of carbonyl (C=O) groups excluding carboxylic acids is 1. The molecule has 0 fully saturated rings. The fourth-order valence-corrected chi connectivity index (χ4v) is 2.35. The molecule has 20 heavy (non-hydrogen) atoms. The van der Waals surface area contributed by atoms with Gasteiger partial charge in [-0.05, 0) is 33.5 Å². The molecule has 0 radical (unpaired) electrons. The first kappa shape index (κ1) is 19.4. The summed E-state index contributed by atoms with van der Waals surface area (Å²) in [7, 11) is 6.08. The largest absolute Gasteiger partial charge is 0.346 e. The summed E-state index contributed by atoms with van der Waals surface area (Å²) in [5.41, 5.74) is 0. The normalized spacial score (nSPS) is 11.1. The summed E-state index contributed by atoms with van der Waals surface area (Å²) in [5.74, 6) is 0.315. The topological polar surface area (TPSA) is 23.6 Å². The minimum atomic E-state index is 0.315. The van der Waals surface area contributed by atoms with Crippen LogP contribution in [0.1, 0.15) is 71.1 Å². The lowest BCUT2D eigenvalue weighted by Crippen LogP contribution is -2.29. The molecule has 0 bridgehead atoms. The van der Waals surface area contributed by atoms with Crippen LogP contribution < -0.4 is 0 Å². The first-order chi connectivity index (χ1) is 9.57. The van der Waals surface area contributed by atoms with Crippen molar-refractivity contribution in [1.82, 2.24) is 9.80 Å². The van der Waals surface area contributed by atoms with Crippen LogP contribution in [0.4, 0.5) is 0 Å². The van der Waals surface area contributed by atoms with Gasteiger partial charge in [-0.1, -0.05) is 51.9 Å². The minimum Gasteiger partial charge on any atom is -0.346 e. The molecule has 0 N–H and O–H groups in total. The molecular formula is C17H36N2O. The second-order valence-corrected chi connectivity index (χ2v) is 6.20. The van der Waals surface area contributed by atoms with Crippen molar-refractivity contribution >= 4 is 5.91 Å². The molecule has 0 aromatic heterocycles. The molecule has 0 aromatic carbocycles. The highest BCUT2D eigenvalue weighted by Gasteiger charge is 2.07. The van der Waals surface area contributed by atoms with Gasteiger partial charge in [-0.3, -0.25) is 4.79 Å². The van der Waals surface area contributed by atoms with Crippen LogP contribution in [0, 0.1) is 0 Å². The molecule has 120 valence electrons. The minimum absolute atomic E-state index is 0.315. The van der Waals surface area contributed by atoms with E-state index >= 15 is 0 Å². The van der Waals surface area contributed by atoms with E-state index in [2.05, 4.69) is 25.9 Å². The van der Waals surface area contributed by atoms with Gasteiger partial charge in [0.1, 0.15) is 0 Å². The highest BCUT2D eigenvalue weighted by molar-refractivity contribution is 5.75. The summed E-state index contributed by atoms with van der Waals surface area (Å²) in [6.07, 6.45) is 12.1. The smallest absolute Gasteiger partial charge is 0.222 e. The molecule has 0 aliphatic heterocycles. The number of nitrogens with zero attached hydrogens (tertiary/aromatic N) is 2. The van der Waals surface area contributed by atoms with Gasteiger partial charge in [0.25, 0.3) is 0 Å². The zero-order valence-electron chi connectivity index (χ0n) is 14.3. The first-order valence-electron chi connectivity index (χ1n) is 8.46.